The third kappa shape index (κ3) is 11.4. The minimum atomic E-state index is -1.55. The molecule has 1 saturated heterocycles. The Morgan fingerprint density at radius 3 is 1.76 bits per heavy atom. The van der Waals surface area contributed by atoms with Crippen LogP contribution in [0.25, 0.3) is 0 Å². The van der Waals surface area contributed by atoms with Gasteiger partial charge in [-0.15, -0.1) is 0 Å². The highest BCUT2D eigenvalue weighted by Gasteiger charge is 2.29. The Bertz CT molecular complexity index is 1270. The maximum Gasteiger partial charge on any atom is 0.159 e. The van der Waals surface area contributed by atoms with Gasteiger partial charge < -0.3 is 44.5 Å². The largest absolute Gasteiger partial charge is 0.545 e. The maximum absolute atomic E-state index is 11.8. The second kappa shape index (κ2) is 16.1. The Labute approximate surface area is 241 Å². The monoisotopic (exact) mass is 580 g/mol. The summed E-state index contributed by atoms with van der Waals surface area (Å²) in [7, 11) is 2.20. The molecule has 2 aliphatic heterocycles. The molecule has 4 rings (SSSR count). The predicted octanol–water partition coefficient (Wildman–Crippen LogP) is -2.03. The van der Waals surface area contributed by atoms with Crippen LogP contribution in [0.15, 0.2) is 76.6 Å². The molecular formula is C29H28N2O9S-4. The zero-order chi connectivity index (χ0) is 30.5. The number of fused-ring (bicyclic) bond motifs is 2. The average Bonchev–Trinajstić information content (AvgIpc) is 3.08. The molecule has 11 nitrogen and oxygen atoms in total. The number of Topliss-reactive ketones (excluding diaryl/α,β-unsaturated/α-hetero) is 1. The number of carbonyl (C=O) groups excluding carboxylic acids is 5. The number of aliphatic carboxylic acids is 4. The Morgan fingerprint density at radius 1 is 0.756 bits per heavy atom. The van der Waals surface area contributed by atoms with Gasteiger partial charge in [0.05, 0.1) is 23.9 Å². The predicted molar refractivity (Wildman–Crippen MR) is 141 cm³/mol. The highest BCUT2D eigenvalue weighted by Crippen LogP contribution is 2.43. The lowest BCUT2D eigenvalue weighted by Gasteiger charge is -2.38. The van der Waals surface area contributed by atoms with Gasteiger partial charge in [0.1, 0.15) is 0 Å². The summed E-state index contributed by atoms with van der Waals surface area (Å²) in [5, 5.41) is 37.7. The van der Waals surface area contributed by atoms with E-state index in [9.17, 15) is 44.4 Å². The fourth-order valence-corrected chi connectivity index (χ4v) is 5.19. The van der Waals surface area contributed by atoms with Crippen molar-refractivity contribution < 1.29 is 44.4 Å². The number of benzene rings is 2. The first kappa shape index (κ1) is 32.9. The van der Waals surface area contributed by atoms with E-state index >= 15 is 0 Å². The lowest BCUT2D eigenvalue weighted by molar-refractivity contribution is -0.301. The van der Waals surface area contributed by atoms with Crippen molar-refractivity contribution in [2.24, 2.45) is 0 Å². The van der Waals surface area contributed by atoms with Crippen molar-refractivity contribution in [1.29, 1.82) is 0 Å². The standard InChI is InChI=1S/C21H24N2OS.2C4H4O4/c1-15(24)16-7-8-20-17(13-16)14-19(23-11-9-22(2)10-12-23)18-5-3-4-6-21(18)25-20;2*5-3(6)1-2-4(7)8/h3-8,13,19H,9-12,14H2,1-2H3;2*1-2H,(H,5,6)(H,7,8)/p-4/b;2*2-1-. The van der Waals surface area contributed by atoms with E-state index in [1.54, 1.807) is 6.92 Å². The summed E-state index contributed by atoms with van der Waals surface area (Å²) in [6.07, 6.45) is 2.51. The first-order chi connectivity index (χ1) is 19.4. The third-order valence-electron chi connectivity index (χ3n) is 6.07. The number of carboxylic acid groups (broad SMARTS) is 4. The molecule has 0 aliphatic carbocycles. The van der Waals surface area contributed by atoms with Gasteiger partial charge >= 0.3 is 0 Å². The van der Waals surface area contributed by atoms with Gasteiger partial charge in [0.25, 0.3) is 0 Å². The number of hydrogen-bond acceptors (Lipinski definition) is 12. The fourth-order valence-electron chi connectivity index (χ4n) is 4.07. The first-order valence-electron chi connectivity index (χ1n) is 12.4. The molecule has 1 unspecified atom stereocenters. The second-order valence-corrected chi connectivity index (χ2v) is 10.1. The first-order valence-corrected chi connectivity index (χ1v) is 13.2. The molecule has 41 heavy (non-hydrogen) atoms. The van der Waals surface area contributed by atoms with Crippen LogP contribution in [0, 0.1) is 0 Å². The van der Waals surface area contributed by atoms with E-state index in [0.717, 1.165) is 38.2 Å². The topological polar surface area (TPSA) is 184 Å². The van der Waals surface area contributed by atoms with Crippen LogP contribution in [0.5, 0.6) is 0 Å². The molecule has 0 radical (unpaired) electrons. The van der Waals surface area contributed by atoms with Crippen molar-refractivity contribution in [2.75, 3.05) is 33.2 Å². The molecular weight excluding hydrogens is 552 g/mol. The molecule has 218 valence electrons. The van der Waals surface area contributed by atoms with Gasteiger partial charge in [-0.2, -0.15) is 0 Å². The van der Waals surface area contributed by atoms with Crippen molar-refractivity contribution in [3.05, 3.63) is 83.5 Å². The summed E-state index contributed by atoms with van der Waals surface area (Å²) in [6.45, 7) is 6.08. The Kier molecular flexibility index (Phi) is 12.9. The summed E-state index contributed by atoms with van der Waals surface area (Å²) < 4.78 is 0. The number of hydrogen-bond donors (Lipinski definition) is 0. The van der Waals surface area contributed by atoms with E-state index in [1.807, 2.05) is 17.8 Å². The smallest absolute Gasteiger partial charge is 0.159 e. The molecule has 2 aromatic carbocycles. The minimum absolute atomic E-state index is 0.144. The van der Waals surface area contributed by atoms with Gasteiger partial charge in [0, 0.05) is 47.6 Å². The molecule has 12 heteroatoms. The van der Waals surface area contributed by atoms with Gasteiger partial charge in [-0.3, -0.25) is 9.69 Å². The molecule has 2 aliphatic rings. The molecule has 0 spiro atoms. The van der Waals surface area contributed by atoms with Crippen molar-refractivity contribution in [1.82, 2.24) is 9.80 Å². The van der Waals surface area contributed by atoms with Gasteiger partial charge in [0.15, 0.2) is 5.78 Å². The summed E-state index contributed by atoms with van der Waals surface area (Å²) in [5.74, 6) is -6.04. The number of carboxylic acids is 4. The van der Waals surface area contributed by atoms with Gasteiger partial charge in [-0.05, 0) is 74.0 Å². The lowest BCUT2D eigenvalue weighted by Crippen LogP contribution is -2.46. The van der Waals surface area contributed by atoms with Crippen molar-refractivity contribution in [3.8, 4) is 0 Å². The van der Waals surface area contributed by atoms with E-state index in [0.29, 0.717) is 30.3 Å². The average molecular weight is 581 g/mol. The Balaban J connectivity index is 0.000000304. The van der Waals surface area contributed by atoms with Crippen LogP contribution in [-0.4, -0.2) is 72.7 Å². The molecule has 1 fully saturated rings. The molecule has 2 heterocycles. The number of piperazine rings is 1. The van der Waals surface area contributed by atoms with Crippen molar-refractivity contribution in [2.45, 2.75) is 29.2 Å². The number of ketones is 1. The third-order valence-corrected chi connectivity index (χ3v) is 7.28. The van der Waals surface area contributed by atoms with Gasteiger partial charge in [-0.25, -0.2) is 0 Å². The number of nitrogens with zero attached hydrogens (tertiary/aromatic N) is 2. The fraction of sp³-hybridized carbons (Fsp3) is 0.276. The quantitative estimate of drug-likeness (QED) is 0.270. The number of carbonyl (C=O) groups is 5. The normalized spacial score (nSPS) is 16.7. The highest BCUT2D eigenvalue weighted by atomic mass is 32.2. The molecule has 0 N–H and O–H groups in total. The van der Waals surface area contributed by atoms with Gasteiger partial charge in [-0.1, -0.05) is 36.0 Å². The molecule has 0 bridgehead atoms. The molecule has 2 aromatic rings. The van der Waals surface area contributed by atoms with Crippen molar-refractivity contribution in [3.63, 3.8) is 0 Å². The van der Waals surface area contributed by atoms with Crippen LogP contribution in [0.4, 0.5) is 0 Å². The van der Waals surface area contributed by atoms with E-state index < -0.39 is 23.9 Å². The zero-order valence-corrected chi connectivity index (χ0v) is 23.3. The molecule has 0 saturated carbocycles. The zero-order valence-electron chi connectivity index (χ0n) is 22.4. The van der Waals surface area contributed by atoms with E-state index in [4.69, 9.17) is 0 Å². The van der Waals surface area contributed by atoms with Crippen LogP contribution < -0.4 is 20.4 Å². The van der Waals surface area contributed by atoms with E-state index in [1.165, 1.54) is 20.9 Å². The summed E-state index contributed by atoms with van der Waals surface area (Å²) in [6, 6.07) is 15.4. The SMILES string of the molecule is CC(=O)c1ccc2c(c1)CC(N1CCN(C)CC1)c1ccccc1S2.O=C([O-])/C=C\C(=O)[O-].O=C([O-])/C=C\C(=O)[O-]. The van der Waals surface area contributed by atoms with Crippen molar-refractivity contribution >= 4 is 41.4 Å². The van der Waals surface area contributed by atoms with Gasteiger partial charge in [0.2, 0.25) is 0 Å². The molecule has 1 atom stereocenters. The second-order valence-electron chi connectivity index (χ2n) is 9.02. The van der Waals surface area contributed by atoms with Crippen LogP contribution in [0.3, 0.4) is 0 Å². The summed E-state index contributed by atoms with van der Waals surface area (Å²) >= 11 is 1.84. The Hall–Kier alpha value is -4.26. The Morgan fingerprint density at radius 2 is 1.27 bits per heavy atom. The van der Waals surface area contributed by atoms with Crippen LogP contribution in [0.2, 0.25) is 0 Å². The number of likely N-dealkylation sites (N-methyl/N-ethyl adjacent to an activating group) is 1. The molecule has 0 aromatic heterocycles. The maximum atomic E-state index is 11.8. The summed E-state index contributed by atoms with van der Waals surface area (Å²) in [4.78, 5) is 57.1. The van der Waals surface area contributed by atoms with E-state index in [2.05, 4.69) is 53.2 Å². The van der Waals surface area contributed by atoms with E-state index in [-0.39, 0.29) is 5.78 Å². The summed E-state index contributed by atoms with van der Waals surface area (Å²) in [5.41, 5.74) is 3.55. The van der Waals surface area contributed by atoms with Crippen LogP contribution in [-0.2, 0) is 25.6 Å². The minimum Gasteiger partial charge on any atom is -0.545 e. The highest BCUT2D eigenvalue weighted by molar-refractivity contribution is 7.99. The number of rotatable bonds is 6. The molecule has 0 amide bonds. The van der Waals surface area contributed by atoms with Crippen LogP contribution >= 0.6 is 11.8 Å². The van der Waals surface area contributed by atoms with Crippen LogP contribution in [0.1, 0.15) is 34.5 Å². The lowest BCUT2D eigenvalue weighted by atomic mass is 9.95.